The summed E-state index contributed by atoms with van der Waals surface area (Å²) in [6, 6.07) is 15.5. The highest BCUT2D eigenvalue weighted by molar-refractivity contribution is 8.04. The number of nitrogens with one attached hydrogen (secondary N) is 1. The summed E-state index contributed by atoms with van der Waals surface area (Å²) in [5, 5.41) is 17.4. The van der Waals surface area contributed by atoms with Crippen molar-refractivity contribution in [3.05, 3.63) is 75.8 Å². The number of rotatable bonds is 5. The third-order valence-corrected chi connectivity index (χ3v) is 5.47. The Bertz CT molecular complexity index is 766. The Morgan fingerprint density at radius 3 is 2.38 bits per heavy atom. The van der Waals surface area contributed by atoms with E-state index in [0.717, 1.165) is 33.0 Å². The molecule has 0 amide bonds. The summed E-state index contributed by atoms with van der Waals surface area (Å²) in [6.45, 7) is 0.156. The third-order valence-electron chi connectivity index (χ3n) is 4.24. The van der Waals surface area contributed by atoms with E-state index in [9.17, 15) is 0 Å². The molecule has 124 valence electrons. The van der Waals surface area contributed by atoms with Crippen LogP contribution in [0.1, 0.15) is 22.6 Å². The van der Waals surface area contributed by atoms with Crippen LogP contribution in [-0.2, 0) is 6.42 Å². The Morgan fingerprint density at radius 2 is 1.75 bits per heavy atom. The molecule has 0 radical (unpaired) electrons. The zero-order valence-corrected chi connectivity index (χ0v) is 14.1. The van der Waals surface area contributed by atoms with Gasteiger partial charge in [-0.05, 0) is 29.7 Å². The van der Waals surface area contributed by atoms with Crippen LogP contribution < -0.4 is 11.5 Å². The summed E-state index contributed by atoms with van der Waals surface area (Å²) >= 11 is 1.63. The predicted octanol–water partition coefficient (Wildman–Crippen LogP) is 2.87. The van der Waals surface area contributed by atoms with Crippen LogP contribution in [0.3, 0.4) is 0 Å². The molecular formula is C19H21N3OS. The summed E-state index contributed by atoms with van der Waals surface area (Å²) < 4.78 is 0. The number of nitrogens with two attached hydrogens (primary N) is 2. The molecule has 1 aliphatic rings. The van der Waals surface area contributed by atoms with E-state index in [4.69, 9.17) is 22.0 Å². The fourth-order valence-electron chi connectivity index (χ4n) is 2.82. The maximum absolute atomic E-state index is 9.00. The van der Waals surface area contributed by atoms with Gasteiger partial charge in [-0.15, -0.1) is 11.8 Å². The van der Waals surface area contributed by atoms with Gasteiger partial charge in [-0.1, -0.05) is 36.4 Å². The van der Waals surface area contributed by atoms with Crippen LogP contribution in [0.25, 0.3) is 0 Å². The van der Waals surface area contributed by atoms with E-state index < -0.39 is 0 Å². The van der Waals surface area contributed by atoms with E-state index in [1.807, 2.05) is 24.3 Å². The van der Waals surface area contributed by atoms with Crippen LogP contribution in [0.2, 0.25) is 0 Å². The summed E-state index contributed by atoms with van der Waals surface area (Å²) in [4.78, 5) is 0.851. The monoisotopic (exact) mass is 339 g/mol. The van der Waals surface area contributed by atoms with E-state index in [2.05, 4.69) is 12.1 Å². The lowest BCUT2D eigenvalue weighted by Crippen LogP contribution is -2.12. The van der Waals surface area contributed by atoms with Crippen molar-refractivity contribution in [2.45, 2.75) is 12.3 Å². The molecule has 2 aromatic carbocycles. The number of hydrogen-bond donors (Lipinski definition) is 4. The van der Waals surface area contributed by atoms with E-state index in [-0.39, 0.29) is 12.5 Å². The minimum Gasteiger partial charge on any atom is -0.401 e. The summed E-state index contributed by atoms with van der Waals surface area (Å²) in [7, 11) is 0. The summed E-state index contributed by atoms with van der Waals surface area (Å²) in [5.74, 6) is 0.972. The quantitative estimate of drug-likeness (QED) is 0.497. The van der Waals surface area contributed by atoms with Crippen molar-refractivity contribution in [3.63, 3.8) is 0 Å². The zero-order valence-electron chi connectivity index (χ0n) is 13.3. The molecule has 0 saturated heterocycles. The van der Waals surface area contributed by atoms with Crippen molar-refractivity contribution in [1.29, 1.82) is 5.41 Å². The molecule has 2 aromatic rings. The first-order valence-corrected chi connectivity index (χ1v) is 8.85. The van der Waals surface area contributed by atoms with Crippen molar-refractivity contribution in [3.8, 4) is 0 Å². The van der Waals surface area contributed by atoms with E-state index in [1.165, 1.54) is 0 Å². The average molecular weight is 339 g/mol. The summed E-state index contributed by atoms with van der Waals surface area (Å²) in [6.07, 6.45) is 0.665. The first-order valence-electron chi connectivity index (χ1n) is 7.87. The molecule has 3 rings (SSSR count). The lowest BCUT2D eigenvalue weighted by molar-refractivity contribution is 0.299. The lowest BCUT2D eigenvalue weighted by Gasteiger charge is -2.12. The Morgan fingerprint density at radius 1 is 1.08 bits per heavy atom. The van der Waals surface area contributed by atoms with Crippen LogP contribution in [0.5, 0.6) is 0 Å². The molecule has 1 aliphatic heterocycles. The number of thioether (sulfide) groups is 1. The topological polar surface area (TPSA) is 96.1 Å². The molecule has 1 heterocycles. The number of aliphatic hydroxyl groups excluding tert-OH is 1. The Kier molecular flexibility index (Phi) is 4.92. The van der Waals surface area contributed by atoms with Gasteiger partial charge in [0.05, 0.1) is 10.6 Å². The van der Waals surface area contributed by atoms with Gasteiger partial charge in [0, 0.05) is 35.2 Å². The predicted molar refractivity (Wildman–Crippen MR) is 101 cm³/mol. The highest BCUT2D eigenvalue weighted by atomic mass is 32.2. The molecule has 1 unspecified atom stereocenters. The van der Waals surface area contributed by atoms with Gasteiger partial charge in [0.2, 0.25) is 0 Å². The van der Waals surface area contributed by atoms with Gasteiger partial charge < -0.3 is 16.6 Å². The molecule has 0 bridgehead atoms. The van der Waals surface area contributed by atoms with Crippen LogP contribution >= 0.6 is 11.8 Å². The molecule has 0 aliphatic carbocycles. The van der Waals surface area contributed by atoms with Gasteiger partial charge in [0.15, 0.2) is 0 Å². The largest absolute Gasteiger partial charge is 0.401 e. The number of benzene rings is 2. The second-order valence-electron chi connectivity index (χ2n) is 5.86. The maximum Gasteiger partial charge on any atom is 0.0765 e. The fraction of sp³-hybridized carbons (Fsp3) is 0.211. The molecule has 6 N–H and O–H groups in total. The van der Waals surface area contributed by atoms with E-state index >= 15 is 0 Å². The maximum atomic E-state index is 9.00. The number of allylic oxidation sites excluding steroid dienone is 2. The van der Waals surface area contributed by atoms with Gasteiger partial charge in [-0.2, -0.15) is 0 Å². The van der Waals surface area contributed by atoms with Gasteiger partial charge in [0.25, 0.3) is 0 Å². The second-order valence-corrected chi connectivity index (χ2v) is 6.89. The first-order chi connectivity index (χ1) is 11.6. The van der Waals surface area contributed by atoms with E-state index in [0.29, 0.717) is 17.8 Å². The molecule has 5 heteroatoms. The molecule has 0 fully saturated rings. The fourth-order valence-corrected chi connectivity index (χ4v) is 4.09. The standard InChI is InChI=1S/C19H21N3OS/c20-15-7-5-14(6-8-15)17(21)19-18(22)16(11-24-19)13-3-1-12(2-4-13)9-10-23/h1-8,16,21,23H,9-11,20,22H2. The van der Waals surface area contributed by atoms with Gasteiger partial charge in [-0.3, -0.25) is 5.41 Å². The minimum absolute atomic E-state index is 0.127. The molecule has 0 aromatic heterocycles. The smallest absolute Gasteiger partial charge is 0.0765 e. The minimum atomic E-state index is 0.127. The Labute approximate surface area is 146 Å². The van der Waals surface area contributed by atoms with Crippen LogP contribution in [0, 0.1) is 5.41 Å². The second kappa shape index (κ2) is 7.11. The lowest BCUT2D eigenvalue weighted by atomic mass is 9.95. The van der Waals surface area contributed by atoms with Crippen molar-refractivity contribution in [1.82, 2.24) is 0 Å². The number of anilines is 1. The molecular weight excluding hydrogens is 318 g/mol. The zero-order chi connectivity index (χ0) is 17.1. The number of hydrogen-bond acceptors (Lipinski definition) is 5. The van der Waals surface area contributed by atoms with Crippen LogP contribution in [0.15, 0.2) is 59.1 Å². The normalized spacial score (nSPS) is 17.3. The van der Waals surface area contributed by atoms with Crippen LogP contribution in [-0.4, -0.2) is 23.2 Å². The molecule has 1 atom stereocenters. The summed E-state index contributed by atoms with van der Waals surface area (Å²) in [5.41, 5.74) is 17.1. The van der Waals surface area contributed by atoms with Gasteiger partial charge >= 0.3 is 0 Å². The van der Waals surface area contributed by atoms with Crippen molar-refractivity contribution >= 4 is 23.2 Å². The van der Waals surface area contributed by atoms with Crippen molar-refractivity contribution in [2.75, 3.05) is 18.1 Å². The highest BCUT2D eigenvalue weighted by Gasteiger charge is 2.28. The van der Waals surface area contributed by atoms with E-state index in [1.54, 1.807) is 23.9 Å². The molecule has 0 spiro atoms. The number of nitrogen functional groups attached to an aromatic ring is 1. The average Bonchev–Trinajstić information content (AvgIpc) is 2.97. The Hall–Kier alpha value is -2.24. The molecule has 0 saturated carbocycles. The highest BCUT2D eigenvalue weighted by Crippen LogP contribution is 2.40. The SMILES string of the molecule is N=C(C1=C(N)C(c2ccc(CCO)cc2)CS1)c1ccc(N)cc1. The van der Waals surface area contributed by atoms with Crippen molar-refractivity contribution < 1.29 is 5.11 Å². The van der Waals surface area contributed by atoms with Crippen molar-refractivity contribution in [2.24, 2.45) is 5.73 Å². The van der Waals surface area contributed by atoms with Gasteiger partial charge in [0.1, 0.15) is 0 Å². The molecule has 4 nitrogen and oxygen atoms in total. The molecule has 24 heavy (non-hydrogen) atoms. The number of aliphatic hydroxyl groups is 1. The van der Waals surface area contributed by atoms with Gasteiger partial charge in [-0.25, -0.2) is 0 Å². The first kappa shape index (κ1) is 16.6. The Balaban J connectivity index is 1.83. The third kappa shape index (κ3) is 3.32. The van der Waals surface area contributed by atoms with Crippen LogP contribution in [0.4, 0.5) is 5.69 Å².